The average Bonchev–Trinajstić information content (AvgIpc) is 2.44. The molecule has 1 heterocycles. The monoisotopic (exact) mass is 278 g/mol. The van der Waals surface area contributed by atoms with Crippen LogP contribution in [0, 0.1) is 0 Å². The molecule has 0 fully saturated rings. The topological polar surface area (TPSA) is 51.1 Å². The maximum atomic E-state index is 5.89. The van der Waals surface area contributed by atoms with Gasteiger partial charge in [-0.1, -0.05) is 25.1 Å². The third-order valence-electron chi connectivity index (χ3n) is 2.45. The van der Waals surface area contributed by atoms with Gasteiger partial charge in [0.05, 0.1) is 6.61 Å². The SMILES string of the molecule is CCCOc1nc(Cl)nc(N(C)c2ccccc2)n1. The summed E-state index contributed by atoms with van der Waals surface area (Å²) in [5.74, 6) is 0.456. The van der Waals surface area contributed by atoms with Gasteiger partial charge in [0.25, 0.3) is 0 Å². The van der Waals surface area contributed by atoms with Crippen LogP contribution in [-0.4, -0.2) is 28.6 Å². The van der Waals surface area contributed by atoms with Crippen LogP contribution in [0.5, 0.6) is 6.01 Å². The van der Waals surface area contributed by atoms with Crippen LogP contribution in [0.25, 0.3) is 0 Å². The lowest BCUT2D eigenvalue weighted by Gasteiger charge is -2.17. The molecule has 0 atom stereocenters. The van der Waals surface area contributed by atoms with Gasteiger partial charge in [-0.05, 0) is 30.2 Å². The Hall–Kier alpha value is -1.88. The van der Waals surface area contributed by atoms with E-state index in [9.17, 15) is 0 Å². The number of rotatable bonds is 5. The van der Waals surface area contributed by atoms with Crippen molar-refractivity contribution in [1.82, 2.24) is 15.0 Å². The van der Waals surface area contributed by atoms with Gasteiger partial charge in [-0.25, -0.2) is 0 Å². The molecule has 6 heteroatoms. The summed E-state index contributed by atoms with van der Waals surface area (Å²) in [6.45, 7) is 2.56. The Morgan fingerprint density at radius 2 is 1.89 bits per heavy atom. The Balaban J connectivity index is 2.26. The molecule has 2 rings (SSSR count). The van der Waals surface area contributed by atoms with E-state index in [-0.39, 0.29) is 11.3 Å². The van der Waals surface area contributed by atoms with Crippen LogP contribution in [0.3, 0.4) is 0 Å². The second kappa shape index (κ2) is 6.33. The molecule has 0 aliphatic heterocycles. The lowest BCUT2D eigenvalue weighted by atomic mass is 10.3. The molecular formula is C13H15ClN4O. The molecule has 2 aromatic rings. The Morgan fingerprint density at radius 3 is 2.58 bits per heavy atom. The first-order valence-electron chi connectivity index (χ1n) is 6.04. The number of para-hydroxylation sites is 1. The standard InChI is InChI=1S/C13H15ClN4O/c1-3-9-19-13-16-11(14)15-12(17-13)18(2)10-7-5-4-6-8-10/h4-8H,3,9H2,1-2H3. The number of nitrogens with zero attached hydrogens (tertiary/aromatic N) is 4. The summed E-state index contributed by atoms with van der Waals surface area (Å²) in [4.78, 5) is 14.1. The lowest BCUT2D eigenvalue weighted by molar-refractivity contribution is 0.291. The number of ether oxygens (including phenoxy) is 1. The van der Waals surface area contributed by atoms with Crippen molar-refractivity contribution in [3.63, 3.8) is 0 Å². The molecule has 0 aliphatic carbocycles. The van der Waals surface area contributed by atoms with Crippen molar-refractivity contribution < 1.29 is 4.74 Å². The van der Waals surface area contributed by atoms with Crippen LogP contribution >= 0.6 is 11.6 Å². The molecule has 0 unspecified atom stereocenters. The Morgan fingerprint density at radius 1 is 1.16 bits per heavy atom. The largest absolute Gasteiger partial charge is 0.463 e. The second-order valence-corrected chi connectivity index (χ2v) is 4.27. The number of hydrogen-bond acceptors (Lipinski definition) is 5. The van der Waals surface area contributed by atoms with Crippen molar-refractivity contribution in [3.05, 3.63) is 35.6 Å². The van der Waals surface area contributed by atoms with Gasteiger partial charge in [-0.2, -0.15) is 15.0 Å². The van der Waals surface area contributed by atoms with Crippen LogP contribution in [0.1, 0.15) is 13.3 Å². The molecule has 0 radical (unpaired) electrons. The first-order valence-corrected chi connectivity index (χ1v) is 6.41. The van der Waals surface area contributed by atoms with Crippen molar-refractivity contribution in [3.8, 4) is 6.01 Å². The van der Waals surface area contributed by atoms with Crippen molar-refractivity contribution >= 4 is 23.2 Å². The minimum atomic E-state index is 0.124. The lowest BCUT2D eigenvalue weighted by Crippen LogP contribution is -2.14. The number of aromatic nitrogens is 3. The van der Waals surface area contributed by atoms with Crippen molar-refractivity contribution in [2.45, 2.75) is 13.3 Å². The highest BCUT2D eigenvalue weighted by Gasteiger charge is 2.11. The third-order valence-corrected chi connectivity index (χ3v) is 2.62. The van der Waals surface area contributed by atoms with Gasteiger partial charge in [0.15, 0.2) is 0 Å². The van der Waals surface area contributed by atoms with E-state index in [2.05, 4.69) is 15.0 Å². The van der Waals surface area contributed by atoms with E-state index in [4.69, 9.17) is 16.3 Å². The summed E-state index contributed by atoms with van der Waals surface area (Å²) in [5, 5.41) is 0.124. The summed E-state index contributed by atoms with van der Waals surface area (Å²) in [5.41, 5.74) is 0.964. The highest BCUT2D eigenvalue weighted by atomic mass is 35.5. The third kappa shape index (κ3) is 3.54. The molecule has 1 aromatic heterocycles. The van der Waals surface area contributed by atoms with Crippen molar-refractivity contribution in [2.24, 2.45) is 0 Å². The molecule has 0 bridgehead atoms. The highest BCUT2D eigenvalue weighted by molar-refractivity contribution is 6.28. The maximum Gasteiger partial charge on any atom is 0.322 e. The van der Waals surface area contributed by atoms with E-state index >= 15 is 0 Å². The minimum absolute atomic E-state index is 0.124. The van der Waals surface area contributed by atoms with Gasteiger partial charge in [-0.3, -0.25) is 0 Å². The normalized spacial score (nSPS) is 10.3. The van der Waals surface area contributed by atoms with Crippen molar-refractivity contribution in [1.29, 1.82) is 0 Å². The van der Waals surface area contributed by atoms with E-state index in [1.54, 1.807) is 0 Å². The summed E-state index contributed by atoms with van der Waals surface area (Å²) in [6, 6.07) is 10.0. The van der Waals surface area contributed by atoms with Gasteiger partial charge < -0.3 is 9.64 Å². The average molecular weight is 279 g/mol. The predicted molar refractivity (Wildman–Crippen MR) is 75.1 cm³/mol. The molecular weight excluding hydrogens is 264 g/mol. The fraction of sp³-hybridized carbons (Fsp3) is 0.308. The van der Waals surface area contributed by atoms with Crippen molar-refractivity contribution in [2.75, 3.05) is 18.6 Å². The molecule has 0 aliphatic rings. The van der Waals surface area contributed by atoms with Gasteiger partial charge in [0, 0.05) is 12.7 Å². The summed E-state index contributed by atoms with van der Waals surface area (Å²) < 4.78 is 5.39. The zero-order chi connectivity index (χ0) is 13.7. The van der Waals surface area contributed by atoms with Crippen LogP contribution in [0.2, 0.25) is 5.28 Å². The van der Waals surface area contributed by atoms with E-state index in [1.807, 2.05) is 49.2 Å². The molecule has 0 N–H and O–H groups in total. The quantitative estimate of drug-likeness (QED) is 0.841. The first kappa shape index (κ1) is 13.5. The zero-order valence-electron chi connectivity index (χ0n) is 10.9. The molecule has 0 amide bonds. The van der Waals surface area contributed by atoms with Gasteiger partial charge >= 0.3 is 6.01 Å². The van der Waals surface area contributed by atoms with E-state index in [0.29, 0.717) is 12.6 Å². The summed E-state index contributed by atoms with van der Waals surface area (Å²) in [7, 11) is 1.87. The molecule has 19 heavy (non-hydrogen) atoms. The molecule has 0 saturated heterocycles. The van der Waals surface area contributed by atoms with Crippen LogP contribution in [0.4, 0.5) is 11.6 Å². The van der Waals surface area contributed by atoms with E-state index in [1.165, 1.54) is 0 Å². The smallest absolute Gasteiger partial charge is 0.322 e. The van der Waals surface area contributed by atoms with Crippen LogP contribution in [0.15, 0.2) is 30.3 Å². The molecule has 1 aromatic carbocycles. The second-order valence-electron chi connectivity index (χ2n) is 3.93. The zero-order valence-corrected chi connectivity index (χ0v) is 11.6. The van der Waals surface area contributed by atoms with Gasteiger partial charge in [0.2, 0.25) is 11.2 Å². The maximum absolute atomic E-state index is 5.89. The fourth-order valence-electron chi connectivity index (χ4n) is 1.50. The Kier molecular flexibility index (Phi) is 4.52. The Bertz CT molecular complexity index is 535. The molecule has 0 saturated carbocycles. The Labute approximate surface area is 117 Å². The summed E-state index contributed by atoms with van der Waals surface area (Å²) >= 11 is 5.89. The molecule has 0 spiro atoms. The number of benzene rings is 1. The van der Waals surface area contributed by atoms with E-state index in [0.717, 1.165) is 12.1 Å². The minimum Gasteiger partial charge on any atom is -0.463 e. The first-order chi connectivity index (χ1) is 9.20. The van der Waals surface area contributed by atoms with Gasteiger partial charge in [-0.15, -0.1) is 0 Å². The van der Waals surface area contributed by atoms with E-state index < -0.39 is 0 Å². The summed E-state index contributed by atoms with van der Waals surface area (Å²) in [6.07, 6.45) is 0.882. The predicted octanol–water partition coefficient (Wildman–Crippen LogP) is 3.08. The highest BCUT2D eigenvalue weighted by Crippen LogP contribution is 2.21. The van der Waals surface area contributed by atoms with Crippen LogP contribution in [-0.2, 0) is 0 Å². The number of hydrogen-bond donors (Lipinski definition) is 0. The fourth-order valence-corrected chi connectivity index (χ4v) is 1.64. The van der Waals surface area contributed by atoms with Gasteiger partial charge in [0.1, 0.15) is 0 Å². The molecule has 100 valence electrons. The number of halogens is 1. The van der Waals surface area contributed by atoms with Crippen LogP contribution < -0.4 is 9.64 Å². The number of anilines is 2. The molecule has 5 nitrogen and oxygen atoms in total.